The maximum Gasteiger partial charge on any atom is 0.0865 e. The summed E-state index contributed by atoms with van der Waals surface area (Å²) in [5.74, 6) is 0. The van der Waals surface area contributed by atoms with Crippen LogP contribution in [0.1, 0.15) is 36.1 Å². The van der Waals surface area contributed by atoms with E-state index in [1.165, 1.54) is 36.1 Å². The Labute approximate surface area is 121 Å². The van der Waals surface area contributed by atoms with E-state index in [4.69, 9.17) is 16.6 Å². The van der Waals surface area contributed by atoms with E-state index in [-0.39, 0.29) is 0 Å². The molecule has 1 heterocycles. The summed E-state index contributed by atoms with van der Waals surface area (Å²) in [6, 6.07) is 4.16. The Kier molecular flexibility index (Phi) is 3.33. The second-order valence-corrected chi connectivity index (χ2v) is 6.23. The lowest BCUT2D eigenvalue weighted by Crippen LogP contribution is -1.99. The van der Waals surface area contributed by atoms with E-state index in [2.05, 4.69) is 35.0 Å². The van der Waals surface area contributed by atoms with Gasteiger partial charge in [0.1, 0.15) is 0 Å². The zero-order valence-electron chi connectivity index (χ0n) is 10.4. The van der Waals surface area contributed by atoms with Crippen molar-refractivity contribution in [3.63, 3.8) is 0 Å². The topological polar surface area (TPSA) is 12.9 Å². The normalized spacial score (nSPS) is 15.5. The third-order valence-electron chi connectivity index (χ3n) is 3.76. The number of benzene rings is 1. The van der Waals surface area contributed by atoms with Crippen LogP contribution in [0.25, 0.3) is 10.9 Å². The summed E-state index contributed by atoms with van der Waals surface area (Å²) >= 11 is 10.2. The van der Waals surface area contributed by atoms with Crippen LogP contribution in [0.4, 0.5) is 0 Å². The summed E-state index contributed by atoms with van der Waals surface area (Å²) in [5, 5.41) is 2.04. The largest absolute Gasteiger partial charge is 0.251 e. The van der Waals surface area contributed by atoms with Crippen LogP contribution in [0.5, 0.6) is 0 Å². The zero-order valence-corrected chi connectivity index (χ0v) is 12.7. The van der Waals surface area contributed by atoms with Crippen molar-refractivity contribution in [1.82, 2.24) is 4.98 Å². The number of nitrogens with zero attached hydrogens (tertiary/aromatic N) is 1. The quantitative estimate of drug-likeness (QED) is 0.605. The molecule has 0 atom stereocenters. The molecule has 18 heavy (non-hydrogen) atoms. The van der Waals surface area contributed by atoms with Crippen molar-refractivity contribution in [1.29, 1.82) is 0 Å². The van der Waals surface area contributed by atoms with Crippen molar-refractivity contribution < 1.29 is 0 Å². The molecule has 0 fully saturated rings. The maximum atomic E-state index is 6.65. The average Bonchev–Trinajstić information content (AvgIpc) is 2.59. The van der Waals surface area contributed by atoms with Crippen LogP contribution in [0.3, 0.4) is 0 Å². The summed E-state index contributed by atoms with van der Waals surface area (Å²) in [5.41, 5.74) is 4.71. The minimum Gasteiger partial charge on any atom is -0.251 e. The number of fused-ring (bicyclic) bond motifs is 2. The van der Waals surface area contributed by atoms with Crippen LogP contribution in [-0.2, 0) is 12.8 Å². The summed E-state index contributed by atoms with van der Waals surface area (Å²) in [7, 11) is 0. The first-order valence-electron chi connectivity index (χ1n) is 6.44. The van der Waals surface area contributed by atoms with Crippen LogP contribution < -0.4 is 0 Å². The number of hydrogen-bond acceptors (Lipinski definition) is 1. The van der Waals surface area contributed by atoms with Crippen molar-refractivity contribution in [2.75, 3.05) is 0 Å². The minimum atomic E-state index is 0.927. The highest BCUT2D eigenvalue weighted by Crippen LogP contribution is 2.36. The van der Waals surface area contributed by atoms with Gasteiger partial charge < -0.3 is 0 Å². The van der Waals surface area contributed by atoms with E-state index >= 15 is 0 Å². The van der Waals surface area contributed by atoms with E-state index in [0.717, 1.165) is 33.2 Å². The second-order valence-electron chi connectivity index (χ2n) is 5.00. The Bertz CT molecular complexity index is 622. The minimum absolute atomic E-state index is 0.927. The number of aryl methyl sites for hydroxylation is 2. The molecular weight excluding hydrogens is 310 g/mol. The van der Waals surface area contributed by atoms with Crippen LogP contribution in [0.15, 0.2) is 16.6 Å². The molecule has 1 aromatic heterocycles. The predicted octanol–water partition coefficient (Wildman–Crippen LogP) is 5.23. The lowest BCUT2D eigenvalue weighted by molar-refractivity contribution is 0.709. The molecule has 0 radical (unpaired) electrons. The van der Waals surface area contributed by atoms with Gasteiger partial charge in [0.05, 0.1) is 10.5 Å². The summed E-state index contributed by atoms with van der Waals surface area (Å²) < 4.78 is 1.04. The number of aromatic nitrogens is 1. The van der Waals surface area contributed by atoms with Crippen molar-refractivity contribution in [2.24, 2.45) is 0 Å². The van der Waals surface area contributed by atoms with Gasteiger partial charge >= 0.3 is 0 Å². The molecule has 3 rings (SSSR count). The van der Waals surface area contributed by atoms with Crippen molar-refractivity contribution in [3.8, 4) is 0 Å². The van der Waals surface area contributed by atoms with Crippen molar-refractivity contribution in [3.05, 3.63) is 38.4 Å². The smallest absolute Gasteiger partial charge is 0.0865 e. The van der Waals surface area contributed by atoms with E-state index in [1.807, 2.05) is 0 Å². The van der Waals surface area contributed by atoms with Gasteiger partial charge in [-0.3, -0.25) is 4.98 Å². The molecule has 1 aliphatic rings. The van der Waals surface area contributed by atoms with Gasteiger partial charge in [0.25, 0.3) is 0 Å². The molecule has 0 aliphatic heterocycles. The standard InChI is InChI=1S/C15H15BrClN/c1-9-7-8-11(16)15-13(9)14(17)10-5-3-2-4-6-12(10)18-15/h7-8H,2-6H2,1H3. The van der Waals surface area contributed by atoms with E-state index in [9.17, 15) is 0 Å². The molecule has 2 aromatic rings. The molecule has 0 saturated carbocycles. The highest BCUT2D eigenvalue weighted by Gasteiger charge is 2.18. The van der Waals surface area contributed by atoms with Gasteiger partial charge in [0.15, 0.2) is 0 Å². The molecule has 3 heteroatoms. The Balaban J connectivity index is 2.38. The Morgan fingerprint density at radius 2 is 1.94 bits per heavy atom. The molecule has 0 spiro atoms. The number of hydrogen-bond donors (Lipinski definition) is 0. The van der Waals surface area contributed by atoms with Crippen LogP contribution >= 0.6 is 27.5 Å². The number of pyridine rings is 1. The fraction of sp³-hybridized carbons (Fsp3) is 0.400. The van der Waals surface area contributed by atoms with E-state index in [0.29, 0.717) is 0 Å². The Morgan fingerprint density at radius 3 is 2.78 bits per heavy atom. The maximum absolute atomic E-state index is 6.65. The zero-order chi connectivity index (χ0) is 12.7. The van der Waals surface area contributed by atoms with Crippen molar-refractivity contribution >= 4 is 38.4 Å². The van der Waals surface area contributed by atoms with Crippen LogP contribution in [0, 0.1) is 6.92 Å². The van der Waals surface area contributed by atoms with E-state index < -0.39 is 0 Å². The molecule has 1 aromatic carbocycles. The predicted molar refractivity (Wildman–Crippen MR) is 80.4 cm³/mol. The van der Waals surface area contributed by atoms with Gasteiger partial charge in [-0.25, -0.2) is 0 Å². The molecule has 0 unspecified atom stereocenters. The highest BCUT2D eigenvalue weighted by atomic mass is 79.9. The number of halogens is 2. The monoisotopic (exact) mass is 323 g/mol. The first-order valence-corrected chi connectivity index (χ1v) is 7.61. The molecule has 1 aliphatic carbocycles. The molecule has 0 N–H and O–H groups in total. The van der Waals surface area contributed by atoms with Crippen LogP contribution in [-0.4, -0.2) is 4.98 Å². The second kappa shape index (κ2) is 4.82. The van der Waals surface area contributed by atoms with Gasteiger partial charge in [-0.1, -0.05) is 24.1 Å². The Hall–Kier alpha value is -0.600. The first-order chi connectivity index (χ1) is 8.68. The average molecular weight is 325 g/mol. The third kappa shape index (κ3) is 1.96. The summed E-state index contributed by atoms with van der Waals surface area (Å²) in [6.07, 6.45) is 5.87. The first kappa shape index (κ1) is 12.4. The fourth-order valence-electron chi connectivity index (χ4n) is 2.76. The third-order valence-corrected chi connectivity index (χ3v) is 4.81. The van der Waals surface area contributed by atoms with E-state index in [1.54, 1.807) is 0 Å². The van der Waals surface area contributed by atoms with Gasteiger partial charge in [-0.15, -0.1) is 0 Å². The lowest BCUT2D eigenvalue weighted by atomic mass is 10.0. The number of rotatable bonds is 0. The molecule has 94 valence electrons. The lowest BCUT2D eigenvalue weighted by Gasteiger charge is -2.13. The molecule has 0 bridgehead atoms. The Morgan fingerprint density at radius 1 is 1.17 bits per heavy atom. The SMILES string of the molecule is Cc1ccc(Br)c2nc3c(c(Cl)c12)CCCCC3. The molecule has 0 amide bonds. The van der Waals surface area contributed by atoms with Crippen molar-refractivity contribution in [2.45, 2.75) is 39.0 Å². The van der Waals surface area contributed by atoms with Gasteiger partial charge in [-0.05, 0) is 65.7 Å². The van der Waals surface area contributed by atoms with Gasteiger partial charge in [0.2, 0.25) is 0 Å². The van der Waals surface area contributed by atoms with Gasteiger partial charge in [0, 0.05) is 15.6 Å². The highest BCUT2D eigenvalue weighted by molar-refractivity contribution is 9.10. The summed E-state index contributed by atoms with van der Waals surface area (Å²) in [6.45, 7) is 2.10. The van der Waals surface area contributed by atoms with Gasteiger partial charge in [-0.2, -0.15) is 0 Å². The fourth-order valence-corrected chi connectivity index (χ4v) is 3.63. The molecule has 1 nitrogen and oxygen atoms in total. The summed E-state index contributed by atoms with van der Waals surface area (Å²) in [4.78, 5) is 4.87. The van der Waals surface area contributed by atoms with Crippen LogP contribution in [0.2, 0.25) is 5.02 Å². The molecular formula is C15H15BrClN. The molecule has 0 saturated heterocycles.